The van der Waals surface area contributed by atoms with Crippen molar-refractivity contribution in [3.05, 3.63) is 40.7 Å². The van der Waals surface area contributed by atoms with Crippen molar-refractivity contribution in [3.8, 4) is 11.3 Å². The molecule has 1 saturated heterocycles. The fraction of sp³-hybridized carbons (Fsp3) is 0.450. The summed E-state index contributed by atoms with van der Waals surface area (Å²) >= 11 is 1.63. The van der Waals surface area contributed by atoms with Gasteiger partial charge in [-0.3, -0.25) is 4.79 Å². The van der Waals surface area contributed by atoms with E-state index >= 15 is 0 Å². The molecular weight excluding hydrogens is 358 g/mol. The number of hydrogen-bond acceptors (Lipinski definition) is 4. The fourth-order valence-electron chi connectivity index (χ4n) is 3.11. The highest BCUT2D eigenvalue weighted by Crippen LogP contribution is 2.21. The van der Waals surface area contributed by atoms with Crippen molar-refractivity contribution in [3.63, 3.8) is 0 Å². The normalized spacial score (nSPS) is 17.2. The summed E-state index contributed by atoms with van der Waals surface area (Å²) in [4.78, 5) is 23.1. The molecule has 27 heavy (non-hydrogen) atoms. The minimum absolute atomic E-state index is 0.220. The molecule has 1 fully saturated rings. The lowest BCUT2D eigenvalue weighted by Crippen LogP contribution is -2.45. The van der Waals surface area contributed by atoms with Crippen LogP contribution in [0.1, 0.15) is 31.7 Å². The second kappa shape index (κ2) is 9.50. The number of rotatable bonds is 6. The lowest BCUT2D eigenvalue weighted by molar-refractivity contribution is -0.129. The largest absolute Gasteiger partial charge is 0.357 e. The van der Waals surface area contributed by atoms with E-state index < -0.39 is 0 Å². The first kappa shape index (κ1) is 19.4. The first-order valence-electron chi connectivity index (χ1n) is 9.52. The van der Waals surface area contributed by atoms with Gasteiger partial charge in [0.1, 0.15) is 5.01 Å². The molecule has 0 radical (unpaired) electrons. The van der Waals surface area contributed by atoms with Crippen molar-refractivity contribution >= 4 is 23.2 Å². The predicted molar refractivity (Wildman–Crippen MR) is 111 cm³/mol. The van der Waals surface area contributed by atoms with E-state index in [9.17, 15) is 4.79 Å². The molecule has 0 aliphatic carbocycles. The number of carbonyl (C=O) groups is 1. The third kappa shape index (κ3) is 5.29. The summed E-state index contributed by atoms with van der Waals surface area (Å²) in [6, 6.07) is 10.4. The number of benzene rings is 1. The number of guanidine groups is 1. The van der Waals surface area contributed by atoms with E-state index in [1.807, 2.05) is 30.0 Å². The van der Waals surface area contributed by atoms with Gasteiger partial charge in [-0.25, -0.2) is 9.98 Å². The van der Waals surface area contributed by atoms with Crippen LogP contribution in [0.15, 0.2) is 40.7 Å². The summed E-state index contributed by atoms with van der Waals surface area (Å²) in [5.74, 6) is 1.00. The van der Waals surface area contributed by atoms with E-state index in [0.29, 0.717) is 13.0 Å². The van der Waals surface area contributed by atoms with E-state index in [0.717, 1.165) is 48.3 Å². The minimum Gasteiger partial charge on any atom is -0.357 e. The third-order valence-corrected chi connectivity index (χ3v) is 5.36. The minimum atomic E-state index is 0.220. The zero-order valence-corrected chi connectivity index (χ0v) is 16.8. The number of likely N-dealkylation sites (tertiary alicyclic amines) is 1. The number of thiazole rings is 1. The quantitative estimate of drug-likeness (QED) is 0.593. The van der Waals surface area contributed by atoms with Crippen molar-refractivity contribution in [1.82, 2.24) is 20.5 Å². The fourth-order valence-corrected chi connectivity index (χ4v) is 3.84. The number of nitrogens with one attached hydrogen (secondary N) is 2. The molecule has 1 aliphatic heterocycles. The molecule has 1 unspecified atom stereocenters. The first-order chi connectivity index (χ1) is 13.2. The number of carbonyl (C=O) groups excluding carboxylic acids is 1. The van der Waals surface area contributed by atoms with E-state index in [-0.39, 0.29) is 11.9 Å². The third-order valence-electron chi connectivity index (χ3n) is 4.52. The number of amides is 1. The summed E-state index contributed by atoms with van der Waals surface area (Å²) < 4.78 is 0. The lowest BCUT2D eigenvalue weighted by Gasteiger charge is -2.18. The van der Waals surface area contributed by atoms with Crippen LogP contribution in [0.25, 0.3) is 11.3 Å². The molecule has 2 heterocycles. The van der Waals surface area contributed by atoms with Gasteiger partial charge < -0.3 is 15.5 Å². The Labute approximate surface area is 164 Å². The molecule has 2 aromatic rings. The molecule has 7 heteroatoms. The van der Waals surface area contributed by atoms with Gasteiger partial charge in [0.25, 0.3) is 0 Å². The standard InChI is InChI=1S/C20H27N5OS/c1-3-19(26)25-11-10-16(13-25)23-20(21-4-2)22-12-18-24-17(14-27-18)15-8-6-5-7-9-15/h5-9,14,16H,3-4,10-13H2,1-2H3,(H2,21,22,23). The van der Waals surface area contributed by atoms with Crippen molar-refractivity contribution in [2.24, 2.45) is 4.99 Å². The van der Waals surface area contributed by atoms with Crippen LogP contribution in [0, 0.1) is 0 Å². The zero-order valence-electron chi connectivity index (χ0n) is 15.9. The van der Waals surface area contributed by atoms with Crippen LogP contribution in [0.4, 0.5) is 0 Å². The second-order valence-corrected chi connectivity index (χ2v) is 7.45. The van der Waals surface area contributed by atoms with Crippen LogP contribution in [0.3, 0.4) is 0 Å². The van der Waals surface area contributed by atoms with Gasteiger partial charge in [-0.2, -0.15) is 0 Å². The van der Waals surface area contributed by atoms with Crippen LogP contribution in [-0.2, 0) is 11.3 Å². The lowest BCUT2D eigenvalue weighted by atomic mass is 10.2. The van der Waals surface area contributed by atoms with Crippen LogP contribution in [0.2, 0.25) is 0 Å². The zero-order chi connectivity index (χ0) is 19.1. The van der Waals surface area contributed by atoms with Gasteiger partial charge in [-0.15, -0.1) is 11.3 Å². The Balaban J connectivity index is 1.60. The van der Waals surface area contributed by atoms with Crippen LogP contribution in [-0.4, -0.2) is 47.4 Å². The van der Waals surface area contributed by atoms with Crippen LogP contribution < -0.4 is 10.6 Å². The van der Waals surface area contributed by atoms with Crippen molar-refractivity contribution < 1.29 is 4.79 Å². The maximum absolute atomic E-state index is 11.8. The van der Waals surface area contributed by atoms with Gasteiger partial charge in [-0.05, 0) is 13.3 Å². The second-order valence-electron chi connectivity index (χ2n) is 6.51. The molecule has 1 aromatic carbocycles. The smallest absolute Gasteiger partial charge is 0.222 e. The van der Waals surface area contributed by atoms with Gasteiger partial charge in [0.2, 0.25) is 5.91 Å². The monoisotopic (exact) mass is 385 g/mol. The molecule has 6 nitrogen and oxygen atoms in total. The Morgan fingerprint density at radius 2 is 2.15 bits per heavy atom. The number of nitrogens with zero attached hydrogens (tertiary/aromatic N) is 3. The Kier molecular flexibility index (Phi) is 6.81. The van der Waals surface area contributed by atoms with Gasteiger partial charge in [0.05, 0.1) is 12.2 Å². The SMILES string of the molecule is CCNC(=NCc1nc(-c2ccccc2)cs1)NC1CCN(C(=O)CC)C1. The molecule has 0 bridgehead atoms. The Morgan fingerprint density at radius 3 is 2.89 bits per heavy atom. The molecule has 3 rings (SSSR count). The molecule has 0 saturated carbocycles. The Bertz CT molecular complexity index is 774. The van der Waals surface area contributed by atoms with E-state index in [1.165, 1.54) is 0 Å². The number of aliphatic imine (C=N–C) groups is 1. The van der Waals surface area contributed by atoms with E-state index in [2.05, 4.69) is 40.1 Å². The average molecular weight is 386 g/mol. The average Bonchev–Trinajstić information content (AvgIpc) is 3.36. The maximum Gasteiger partial charge on any atom is 0.222 e. The maximum atomic E-state index is 11.8. The Morgan fingerprint density at radius 1 is 1.33 bits per heavy atom. The molecule has 1 aliphatic rings. The van der Waals surface area contributed by atoms with Crippen molar-refractivity contribution in [2.75, 3.05) is 19.6 Å². The summed E-state index contributed by atoms with van der Waals surface area (Å²) in [5.41, 5.74) is 2.12. The molecule has 0 spiro atoms. The van der Waals surface area contributed by atoms with Crippen molar-refractivity contribution in [2.45, 2.75) is 39.3 Å². The highest BCUT2D eigenvalue weighted by molar-refractivity contribution is 7.09. The highest BCUT2D eigenvalue weighted by atomic mass is 32.1. The number of aromatic nitrogens is 1. The summed E-state index contributed by atoms with van der Waals surface area (Å²) in [5, 5.41) is 9.81. The Hall–Kier alpha value is -2.41. The van der Waals surface area contributed by atoms with Crippen molar-refractivity contribution in [1.29, 1.82) is 0 Å². The van der Waals surface area contributed by atoms with Crippen LogP contribution in [0.5, 0.6) is 0 Å². The van der Waals surface area contributed by atoms with Gasteiger partial charge >= 0.3 is 0 Å². The first-order valence-corrected chi connectivity index (χ1v) is 10.4. The summed E-state index contributed by atoms with van der Waals surface area (Å²) in [6.45, 7) is 6.85. The van der Waals surface area contributed by atoms with Gasteiger partial charge in [0, 0.05) is 43.0 Å². The predicted octanol–water partition coefficient (Wildman–Crippen LogP) is 2.88. The van der Waals surface area contributed by atoms with Crippen LogP contribution >= 0.6 is 11.3 Å². The molecule has 2 N–H and O–H groups in total. The molecular formula is C20H27N5OS. The molecule has 1 aromatic heterocycles. The number of hydrogen-bond donors (Lipinski definition) is 2. The topological polar surface area (TPSA) is 69.6 Å². The molecule has 1 amide bonds. The highest BCUT2D eigenvalue weighted by Gasteiger charge is 2.25. The summed E-state index contributed by atoms with van der Waals surface area (Å²) in [6.07, 6.45) is 1.51. The molecule has 1 atom stereocenters. The molecule has 144 valence electrons. The van der Waals surface area contributed by atoms with Gasteiger partial charge in [0.15, 0.2) is 5.96 Å². The van der Waals surface area contributed by atoms with E-state index in [4.69, 9.17) is 4.98 Å². The summed E-state index contributed by atoms with van der Waals surface area (Å²) in [7, 11) is 0. The van der Waals surface area contributed by atoms with E-state index in [1.54, 1.807) is 11.3 Å². The van der Waals surface area contributed by atoms with Gasteiger partial charge in [-0.1, -0.05) is 37.3 Å².